The van der Waals surface area contributed by atoms with Crippen molar-refractivity contribution in [2.45, 2.75) is 6.04 Å². The van der Waals surface area contributed by atoms with E-state index in [0.717, 1.165) is 4.47 Å². The molecule has 0 radical (unpaired) electrons. The number of thiocarbonyl (C=S) groups is 1. The van der Waals surface area contributed by atoms with Crippen LogP contribution in [0.15, 0.2) is 59.1 Å². The van der Waals surface area contributed by atoms with Gasteiger partial charge in [0, 0.05) is 4.47 Å². The second-order valence-electron chi connectivity index (χ2n) is 3.68. The Morgan fingerprint density at radius 2 is 1.71 bits per heavy atom. The van der Waals surface area contributed by atoms with Crippen LogP contribution in [0.1, 0.15) is 17.2 Å². The molecule has 0 fully saturated rings. The Hall–Kier alpha value is -1.19. The quantitative estimate of drug-likeness (QED) is 0.854. The van der Waals surface area contributed by atoms with Crippen LogP contribution in [0.3, 0.4) is 0 Å². The van der Waals surface area contributed by atoms with E-state index in [9.17, 15) is 0 Å². The van der Waals surface area contributed by atoms with Gasteiger partial charge >= 0.3 is 0 Å². The summed E-state index contributed by atoms with van der Waals surface area (Å²) >= 11 is 8.40. The van der Waals surface area contributed by atoms with Crippen LogP contribution in [-0.2, 0) is 0 Å². The molecule has 86 valence electrons. The third kappa shape index (κ3) is 3.14. The lowest BCUT2D eigenvalue weighted by Crippen LogP contribution is -2.19. The van der Waals surface area contributed by atoms with Gasteiger partial charge in [-0.25, -0.2) is 0 Å². The summed E-state index contributed by atoms with van der Waals surface area (Å²) in [5.41, 5.74) is 3.96. The van der Waals surface area contributed by atoms with E-state index in [1.54, 1.807) is 5.49 Å². The Kier molecular flexibility index (Phi) is 4.29. The molecule has 0 saturated carbocycles. The fourth-order valence-electron chi connectivity index (χ4n) is 1.78. The van der Waals surface area contributed by atoms with Crippen molar-refractivity contribution in [3.05, 3.63) is 70.2 Å². The van der Waals surface area contributed by atoms with E-state index in [1.165, 1.54) is 11.1 Å². The Morgan fingerprint density at radius 3 is 2.35 bits per heavy atom. The molecule has 0 heterocycles. The summed E-state index contributed by atoms with van der Waals surface area (Å²) in [4.78, 5) is 0. The number of halogens is 1. The maximum Gasteiger partial charge on any atom is 0.0769 e. The van der Waals surface area contributed by atoms with E-state index in [0.29, 0.717) is 0 Å². The van der Waals surface area contributed by atoms with Crippen molar-refractivity contribution in [1.29, 1.82) is 0 Å². The first kappa shape index (κ1) is 12.3. The summed E-state index contributed by atoms with van der Waals surface area (Å²) in [5, 5.41) is 3.21. The summed E-state index contributed by atoms with van der Waals surface area (Å²) < 4.78 is 1.07. The largest absolute Gasteiger partial charge is 0.371 e. The Morgan fingerprint density at radius 1 is 1.00 bits per heavy atom. The minimum Gasteiger partial charge on any atom is -0.371 e. The SMILES string of the molecule is S=CNC(c1ccccc1)c1cccc(Br)c1. The van der Waals surface area contributed by atoms with Gasteiger partial charge in [-0.1, -0.05) is 70.6 Å². The van der Waals surface area contributed by atoms with E-state index >= 15 is 0 Å². The predicted molar refractivity (Wildman–Crippen MR) is 79.2 cm³/mol. The van der Waals surface area contributed by atoms with E-state index in [4.69, 9.17) is 12.2 Å². The summed E-state index contributed by atoms with van der Waals surface area (Å²) in [6.07, 6.45) is 0. The van der Waals surface area contributed by atoms with Gasteiger partial charge in [0.2, 0.25) is 0 Å². The average molecular weight is 306 g/mol. The van der Waals surface area contributed by atoms with Crippen LogP contribution >= 0.6 is 28.1 Å². The molecule has 1 atom stereocenters. The molecule has 0 amide bonds. The minimum atomic E-state index is 0.103. The fourth-order valence-corrected chi connectivity index (χ4v) is 2.34. The van der Waals surface area contributed by atoms with Crippen LogP contribution in [0, 0.1) is 0 Å². The summed E-state index contributed by atoms with van der Waals surface area (Å²) in [6, 6.07) is 18.6. The van der Waals surface area contributed by atoms with Crippen molar-refractivity contribution in [2.24, 2.45) is 0 Å². The maximum atomic E-state index is 4.91. The van der Waals surface area contributed by atoms with Gasteiger partial charge in [0.05, 0.1) is 11.5 Å². The van der Waals surface area contributed by atoms with Crippen LogP contribution in [0.25, 0.3) is 0 Å². The number of nitrogens with one attached hydrogen (secondary N) is 1. The summed E-state index contributed by atoms with van der Waals surface area (Å²) in [7, 11) is 0. The molecule has 0 aliphatic heterocycles. The van der Waals surface area contributed by atoms with Crippen molar-refractivity contribution in [3.8, 4) is 0 Å². The van der Waals surface area contributed by atoms with Crippen molar-refractivity contribution in [3.63, 3.8) is 0 Å². The molecule has 17 heavy (non-hydrogen) atoms. The molecule has 1 nitrogen and oxygen atoms in total. The van der Waals surface area contributed by atoms with Crippen LogP contribution in [0.5, 0.6) is 0 Å². The van der Waals surface area contributed by atoms with Crippen LogP contribution in [-0.4, -0.2) is 5.49 Å². The highest BCUT2D eigenvalue weighted by Gasteiger charge is 2.11. The molecule has 2 aromatic rings. The van der Waals surface area contributed by atoms with Crippen LogP contribution in [0.4, 0.5) is 0 Å². The molecule has 0 saturated heterocycles. The van der Waals surface area contributed by atoms with Crippen LogP contribution in [0.2, 0.25) is 0 Å². The summed E-state index contributed by atoms with van der Waals surface area (Å²) in [5.74, 6) is 0. The van der Waals surface area contributed by atoms with Crippen LogP contribution < -0.4 is 5.32 Å². The average Bonchev–Trinajstić information content (AvgIpc) is 2.37. The molecule has 0 bridgehead atoms. The van der Waals surface area contributed by atoms with Gasteiger partial charge in [-0.2, -0.15) is 0 Å². The van der Waals surface area contributed by atoms with Gasteiger partial charge in [-0.15, -0.1) is 0 Å². The second kappa shape index (κ2) is 5.94. The highest BCUT2D eigenvalue weighted by molar-refractivity contribution is 9.10. The maximum absolute atomic E-state index is 4.91. The van der Waals surface area contributed by atoms with Crippen molar-refractivity contribution in [1.82, 2.24) is 5.32 Å². The Labute approximate surface area is 115 Å². The zero-order valence-corrected chi connectivity index (χ0v) is 11.5. The van der Waals surface area contributed by atoms with Crippen molar-refractivity contribution >= 4 is 33.6 Å². The van der Waals surface area contributed by atoms with Gasteiger partial charge in [-0.3, -0.25) is 0 Å². The topological polar surface area (TPSA) is 12.0 Å². The molecule has 2 rings (SSSR count). The van der Waals surface area contributed by atoms with Crippen molar-refractivity contribution in [2.75, 3.05) is 0 Å². The first-order valence-corrected chi connectivity index (χ1v) is 6.58. The zero-order chi connectivity index (χ0) is 12.1. The zero-order valence-electron chi connectivity index (χ0n) is 9.14. The number of rotatable bonds is 4. The standard InChI is InChI=1S/C14H12BrNS/c15-13-8-4-7-12(9-13)14(16-10-17)11-5-2-1-3-6-11/h1-10,14H,(H,16,17). The Balaban J connectivity index is 2.39. The van der Waals surface area contributed by atoms with E-state index in [-0.39, 0.29) is 6.04 Å². The number of hydrogen-bond donors (Lipinski definition) is 1. The molecule has 0 aliphatic rings. The fraction of sp³-hybridized carbons (Fsp3) is 0.0714. The van der Waals surface area contributed by atoms with Gasteiger partial charge in [0.25, 0.3) is 0 Å². The summed E-state index contributed by atoms with van der Waals surface area (Å²) in [6.45, 7) is 0. The van der Waals surface area contributed by atoms with E-state index < -0.39 is 0 Å². The lowest BCUT2D eigenvalue weighted by molar-refractivity contribution is 0.779. The molecule has 1 N–H and O–H groups in total. The van der Waals surface area contributed by atoms with Crippen molar-refractivity contribution < 1.29 is 0 Å². The molecular weight excluding hydrogens is 294 g/mol. The molecule has 2 aromatic carbocycles. The van der Waals surface area contributed by atoms with Gasteiger partial charge in [0.15, 0.2) is 0 Å². The Bertz CT molecular complexity index is 499. The first-order valence-electron chi connectivity index (χ1n) is 5.31. The van der Waals surface area contributed by atoms with E-state index in [2.05, 4.69) is 45.5 Å². The normalized spacial score (nSPS) is 11.8. The molecular formula is C14H12BrNS. The van der Waals surface area contributed by atoms with Gasteiger partial charge in [0.1, 0.15) is 0 Å². The lowest BCUT2D eigenvalue weighted by atomic mass is 9.99. The molecule has 0 aliphatic carbocycles. The monoisotopic (exact) mass is 305 g/mol. The second-order valence-corrected chi connectivity index (χ2v) is 4.83. The van der Waals surface area contributed by atoms with Gasteiger partial charge < -0.3 is 5.32 Å². The third-order valence-corrected chi connectivity index (χ3v) is 3.18. The molecule has 0 spiro atoms. The third-order valence-electron chi connectivity index (χ3n) is 2.55. The highest BCUT2D eigenvalue weighted by Crippen LogP contribution is 2.24. The van der Waals surface area contributed by atoms with E-state index in [1.807, 2.05) is 30.3 Å². The minimum absolute atomic E-state index is 0.103. The first-order chi connectivity index (χ1) is 8.31. The van der Waals surface area contributed by atoms with Gasteiger partial charge in [-0.05, 0) is 23.3 Å². The molecule has 1 unspecified atom stereocenters. The highest BCUT2D eigenvalue weighted by atomic mass is 79.9. The predicted octanol–water partition coefficient (Wildman–Crippen LogP) is 4.09. The molecule has 0 aromatic heterocycles. The smallest absolute Gasteiger partial charge is 0.0769 e. The molecule has 3 heteroatoms. The number of benzene rings is 2. The lowest BCUT2D eigenvalue weighted by Gasteiger charge is -2.18. The number of hydrogen-bond acceptors (Lipinski definition) is 1.